The zero-order valence-electron chi connectivity index (χ0n) is 15.2. The Bertz CT molecular complexity index is 1070. The minimum Gasteiger partial charge on any atom is -0.326 e. The van der Waals surface area contributed by atoms with Gasteiger partial charge in [0, 0.05) is 5.69 Å². The second kappa shape index (κ2) is 8.02. The van der Waals surface area contributed by atoms with E-state index in [-0.39, 0.29) is 27.4 Å². The number of rotatable bonds is 6. The van der Waals surface area contributed by atoms with E-state index in [1.54, 1.807) is 18.2 Å². The molecule has 0 bridgehead atoms. The van der Waals surface area contributed by atoms with Gasteiger partial charge in [-0.15, -0.1) is 0 Å². The van der Waals surface area contributed by atoms with E-state index in [2.05, 4.69) is 5.32 Å². The number of nitrogens with one attached hydrogen (secondary N) is 1. The zero-order valence-corrected chi connectivity index (χ0v) is 16.8. The molecule has 0 aromatic heterocycles. The van der Waals surface area contributed by atoms with Crippen LogP contribution < -0.4 is 10.5 Å². The molecule has 1 aliphatic carbocycles. The van der Waals surface area contributed by atoms with Crippen LogP contribution >= 0.6 is 0 Å². The van der Waals surface area contributed by atoms with Crippen LogP contribution in [0.1, 0.15) is 31.2 Å². The first kappa shape index (κ1) is 20.5. The summed E-state index contributed by atoms with van der Waals surface area (Å²) in [6, 6.07) is 12.0. The normalized spacial score (nSPS) is 15.5. The number of carbonyl (C=O) groups excluding carboxylic acids is 1. The summed E-state index contributed by atoms with van der Waals surface area (Å²) in [4.78, 5) is 12.5. The molecule has 0 spiro atoms. The SMILES string of the molecule is NS(=O)(=O)c1ccc(CC(=O)Nc2cccc(S(=O)(=O)C3CCCC3)c2)cc1. The van der Waals surface area contributed by atoms with Crippen LogP contribution in [-0.4, -0.2) is 28.0 Å². The van der Waals surface area contributed by atoms with Crippen LogP contribution in [0.4, 0.5) is 5.69 Å². The van der Waals surface area contributed by atoms with Gasteiger partial charge in [0.2, 0.25) is 15.9 Å². The largest absolute Gasteiger partial charge is 0.326 e. The molecule has 1 saturated carbocycles. The predicted octanol–water partition coefficient (Wildman–Crippen LogP) is 2.23. The summed E-state index contributed by atoms with van der Waals surface area (Å²) in [6.45, 7) is 0. The van der Waals surface area contributed by atoms with E-state index >= 15 is 0 Å². The molecule has 0 atom stereocenters. The van der Waals surface area contributed by atoms with Gasteiger partial charge in [0.1, 0.15) is 0 Å². The minimum absolute atomic E-state index is 0.0184. The van der Waals surface area contributed by atoms with Gasteiger partial charge in [0.05, 0.1) is 21.5 Å². The van der Waals surface area contributed by atoms with Crippen LogP contribution in [0.15, 0.2) is 58.3 Å². The highest BCUT2D eigenvalue weighted by Crippen LogP contribution is 2.30. The quantitative estimate of drug-likeness (QED) is 0.739. The highest BCUT2D eigenvalue weighted by molar-refractivity contribution is 7.92. The molecular weight excluding hydrogens is 400 g/mol. The smallest absolute Gasteiger partial charge is 0.238 e. The van der Waals surface area contributed by atoms with Crippen LogP contribution in [0.5, 0.6) is 0 Å². The average Bonchev–Trinajstić information content (AvgIpc) is 3.17. The van der Waals surface area contributed by atoms with Crippen LogP contribution in [0.2, 0.25) is 0 Å². The van der Waals surface area contributed by atoms with Gasteiger partial charge >= 0.3 is 0 Å². The van der Waals surface area contributed by atoms with Crippen molar-refractivity contribution in [1.29, 1.82) is 0 Å². The van der Waals surface area contributed by atoms with E-state index in [0.717, 1.165) is 12.8 Å². The van der Waals surface area contributed by atoms with Crippen molar-refractivity contribution >= 4 is 31.5 Å². The lowest BCUT2D eigenvalue weighted by Gasteiger charge is -2.13. The number of carbonyl (C=O) groups is 1. The summed E-state index contributed by atoms with van der Waals surface area (Å²) in [6.07, 6.45) is 3.21. The first-order valence-electron chi connectivity index (χ1n) is 8.92. The number of benzene rings is 2. The predicted molar refractivity (Wildman–Crippen MR) is 106 cm³/mol. The Morgan fingerprint density at radius 2 is 1.61 bits per heavy atom. The van der Waals surface area contributed by atoms with Gasteiger partial charge in [-0.25, -0.2) is 22.0 Å². The molecular formula is C19H22N2O5S2. The Morgan fingerprint density at radius 3 is 2.21 bits per heavy atom. The van der Waals surface area contributed by atoms with E-state index in [9.17, 15) is 21.6 Å². The summed E-state index contributed by atoms with van der Waals surface area (Å²) in [5, 5.41) is 7.39. The summed E-state index contributed by atoms with van der Waals surface area (Å²) in [5.41, 5.74) is 1.02. The van der Waals surface area contributed by atoms with Gasteiger partial charge in [-0.1, -0.05) is 31.0 Å². The molecule has 9 heteroatoms. The van der Waals surface area contributed by atoms with Gasteiger partial charge in [-0.3, -0.25) is 4.79 Å². The molecule has 2 aromatic carbocycles. The maximum atomic E-state index is 12.7. The minimum atomic E-state index is -3.78. The number of sulfonamides is 1. The van der Waals surface area contributed by atoms with E-state index in [0.29, 0.717) is 24.1 Å². The maximum Gasteiger partial charge on any atom is 0.238 e. The molecule has 1 aliphatic rings. The third kappa shape index (κ3) is 4.78. The molecule has 0 saturated heterocycles. The molecule has 1 amide bonds. The number of nitrogens with two attached hydrogens (primary N) is 1. The number of sulfone groups is 1. The van der Waals surface area contributed by atoms with E-state index < -0.39 is 19.9 Å². The van der Waals surface area contributed by atoms with Crippen molar-refractivity contribution in [3.63, 3.8) is 0 Å². The summed E-state index contributed by atoms with van der Waals surface area (Å²) in [5.74, 6) is -0.334. The van der Waals surface area contributed by atoms with E-state index in [1.165, 1.54) is 30.3 Å². The van der Waals surface area contributed by atoms with Gasteiger partial charge in [0.15, 0.2) is 9.84 Å². The Labute approximate surface area is 164 Å². The molecule has 0 heterocycles. The van der Waals surface area contributed by atoms with Crippen molar-refractivity contribution in [2.45, 2.75) is 47.1 Å². The van der Waals surface area contributed by atoms with Crippen LogP contribution in [0.3, 0.4) is 0 Å². The average molecular weight is 423 g/mol. The fourth-order valence-electron chi connectivity index (χ4n) is 3.33. The van der Waals surface area contributed by atoms with Gasteiger partial charge in [0.25, 0.3) is 0 Å². The molecule has 0 radical (unpaired) electrons. The standard InChI is InChI=1S/C19H22N2O5S2/c20-28(25,26)17-10-8-14(9-11-17)12-19(22)21-15-4-3-7-18(13-15)27(23,24)16-5-1-2-6-16/h3-4,7-11,13,16H,1-2,5-6,12H2,(H,21,22)(H2,20,25,26). The van der Waals surface area contributed by atoms with E-state index in [1.807, 2.05) is 0 Å². The van der Waals surface area contributed by atoms with Crippen molar-refractivity contribution in [2.24, 2.45) is 5.14 Å². The van der Waals surface area contributed by atoms with Crippen molar-refractivity contribution in [1.82, 2.24) is 0 Å². The summed E-state index contributed by atoms with van der Waals surface area (Å²) < 4.78 is 47.9. The molecule has 7 nitrogen and oxygen atoms in total. The molecule has 1 fully saturated rings. The first-order valence-corrected chi connectivity index (χ1v) is 12.0. The second-order valence-electron chi connectivity index (χ2n) is 6.89. The van der Waals surface area contributed by atoms with Crippen molar-refractivity contribution < 1.29 is 21.6 Å². The molecule has 2 aromatic rings. The summed E-state index contributed by atoms with van der Waals surface area (Å²) >= 11 is 0. The molecule has 0 unspecified atom stereocenters. The molecule has 3 N–H and O–H groups in total. The third-order valence-electron chi connectivity index (χ3n) is 4.80. The lowest BCUT2D eigenvalue weighted by atomic mass is 10.1. The highest BCUT2D eigenvalue weighted by atomic mass is 32.2. The van der Waals surface area contributed by atoms with Crippen LogP contribution in [0.25, 0.3) is 0 Å². The van der Waals surface area contributed by atoms with Crippen LogP contribution in [-0.2, 0) is 31.1 Å². The molecule has 150 valence electrons. The van der Waals surface area contributed by atoms with Gasteiger partial charge in [-0.2, -0.15) is 0 Å². The number of primary sulfonamides is 1. The molecule has 3 rings (SSSR count). The zero-order chi connectivity index (χ0) is 20.4. The maximum absolute atomic E-state index is 12.7. The lowest BCUT2D eigenvalue weighted by Crippen LogP contribution is -2.19. The first-order chi connectivity index (χ1) is 13.2. The number of anilines is 1. The van der Waals surface area contributed by atoms with E-state index in [4.69, 9.17) is 5.14 Å². The Morgan fingerprint density at radius 1 is 0.964 bits per heavy atom. The fourth-order valence-corrected chi connectivity index (χ4v) is 5.74. The Hall–Kier alpha value is -2.23. The number of amides is 1. The summed E-state index contributed by atoms with van der Waals surface area (Å²) in [7, 11) is -7.17. The topological polar surface area (TPSA) is 123 Å². The van der Waals surface area contributed by atoms with Gasteiger partial charge < -0.3 is 5.32 Å². The molecule has 0 aliphatic heterocycles. The lowest BCUT2D eigenvalue weighted by molar-refractivity contribution is -0.115. The number of hydrogen-bond donors (Lipinski definition) is 2. The van der Waals surface area contributed by atoms with Crippen molar-refractivity contribution in [3.8, 4) is 0 Å². The van der Waals surface area contributed by atoms with Crippen LogP contribution in [0, 0.1) is 0 Å². The Balaban J connectivity index is 1.69. The monoisotopic (exact) mass is 422 g/mol. The second-order valence-corrected chi connectivity index (χ2v) is 10.7. The fraction of sp³-hybridized carbons (Fsp3) is 0.316. The Kier molecular flexibility index (Phi) is 5.87. The highest BCUT2D eigenvalue weighted by Gasteiger charge is 2.30. The number of hydrogen-bond acceptors (Lipinski definition) is 5. The van der Waals surface area contributed by atoms with Crippen molar-refractivity contribution in [3.05, 3.63) is 54.1 Å². The molecule has 28 heavy (non-hydrogen) atoms. The third-order valence-corrected chi connectivity index (χ3v) is 7.99. The van der Waals surface area contributed by atoms with Gasteiger partial charge in [-0.05, 0) is 48.7 Å². The van der Waals surface area contributed by atoms with Crippen molar-refractivity contribution in [2.75, 3.05) is 5.32 Å².